The summed E-state index contributed by atoms with van der Waals surface area (Å²) < 4.78 is 30.4. The van der Waals surface area contributed by atoms with Gasteiger partial charge in [-0.25, -0.2) is 0 Å². The van der Waals surface area contributed by atoms with Crippen LogP contribution in [-0.4, -0.2) is 46.4 Å². The molecule has 0 saturated heterocycles. The molecule has 0 atom stereocenters. The Labute approximate surface area is 174 Å². The van der Waals surface area contributed by atoms with E-state index < -0.39 is 10.1 Å². The van der Waals surface area contributed by atoms with Crippen molar-refractivity contribution in [2.24, 2.45) is 5.41 Å². The summed E-state index contributed by atoms with van der Waals surface area (Å²) in [6.45, 7) is 9.09. The lowest BCUT2D eigenvalue weighted by molar-refractivity contribution is 0.0929. The second kappa shape index (κ2) is 8.97. The molecule has 2 rings (SSSR count). The number of aryl methyl sites for hydroxylation is 2. The monoisotopic (exact) mass is 418 g/mol. The minimum absolute atomic E-state index is 0.0675. The summed E-state index contributed by atoms with van der Waals surface area (Å²) in [5.74, 6) is -0.0452. The van der Waals surface area contributed by atoms with Crippen LogP contribution >= 0.6 is 0 Å². The standard InChI is InChI=1S/C22H30N2O4S/c1-16-7-8-17(2)20(13-16)29(26,27)28-19-11-9-18(10-12-19)21(25)23-14-22(3,4)15-24(5)6/h7-13H,14-15H2,1-6H3,(H,23,25). The Bertz CT molecular complexity index is 965. The van der Waals surface area contributed by atoms with Gasteiger partial charge in [-0.15, -0.1) is 0 Å². The van der Waals surface area contributed by atoms with Gasteiger partial charge >= 0.3 is 10.1 Å². The molecule has 0 saturated carbocycles. The van der Waals surface area contributed by atoms with E-state index in [9.17, 15) is 13.2 Å². The average molecular weight is 419 g/mol. The third kappa shape index (κ3) is 6.58. The van der Waals surface area contributed by atoms with Gasteiger partial charge in [-0.1, -0.05) is 26.0 Å². The Morgan fingerprint density at radius 3 is 2.28 bits per heavy atom. The van der Waals surface area contributed by atoms with E-state index in [0.717, 1.165) is 12.1 Å². The molecule has 158 valence electrons. The van der Waals surface area contributed by atoms with Gasteiger partial charge in [0.1, 0.15) is 10.6 Å². The van der Waals surface area contributed by atoms with Crippen LogP contribution in [0.5, 0.6) is 5.75 Å². The third-order valence-corrected chi connectivity index (χ3v) is 5.80. The summed E-state index contributed by atoms with van der Waals surface area (Å²) in [4.78, 5) is 14.6. The topological polar surface area (TPSA) is 75.7 Å². The third-order valence-electron chi connectivity index (χ3n) is 4.41. The first-order valence-electron chi connectivity index (χ1n) is 9.44. The fraction of sp³-hybridized carbons (Fsp3) is 0.409. The lowest BCUT2D eigenvalue weighted by atomic mass is 9.93. The van der Waals surface area contributed by atoms with Gasteiger partial charge in [0.2, 0.25) is 0 Å². The summed E-state index contributed by atoms with van der Waals surface area (Å²) in [7, 11) is 0.0433. The number of rotatable bonds is 8. The lowest BCUT2D eigenvalue weighted by Crippen LogP contribution is -2.39. The van der Waals surface area contributed by atoms with Crippen LogP contribution in [0, 0.1) is 19.3 Å². The van der Waals surface area contributed by atoms with Crippen molar-refractivity contribution in [2.45, 2.75) is 32.6 Å². The van der Waals surface area contributed by atoms with Crippen molar-refractivity contribution < 1.29 is 17.4 Å². The second-order valence-electron chi connectivity index (χ2n) is 8.42. The zero-order chi connectivity index (χ0) is 21.8. The van der Waals surface area contributed by atoms with E-state index >= 15 is 0 Å². The molecule has 0 fully saturated rings. The molecule has 1 amide bonds. The Kier molecular flexibility index (Phi) is 7.08. The van der Waals surface area contributed by atoms with Crippen LogP contribution < -0.4 is 9.50 Å². The van der Waals surface area contributed by atoms with E-state index in [4.69, 9.17) is 4.18 Å². The van der Waals surface area contributed by atoms with Crippen LogP contribution in [0.2, 0.25) is 0 Å². The maximum Gasteiger partial charge on any atom is 0.339 e. The van der Waals surface area contributed by atoms with Crippen LogP contribution in [0.1, 0.15) is 35.3 Å². The van der Waals surface area contributed by atoms with E-state index in [1.54, 1.807) is 31.2 Å². The van der Waals surface area contributed by atoms with Crippen molar-refractivity contribution in [3.63, 3.8) is 0 Å². The van der Waals surface area contributed by atoms with Gasteiger partial charge < -0.3 is 14.4 Å². The minimum Gasteiger partial charge on any atom is -0.379 e. The van der Waals surface area contributed by atoms with Crippen LogP contribution in [0.3, 0.4) is 0 Å². The van der Waals surface area contributed by atoms with Crippen LogP contribution in [0.25, 0.3) is 0 Å². The van der Waals surface area contributed by atoms with E-state index in [0.29, 0.717) is 17.7 Å². The quantitative estimate of drug-likeness (QED) is 0.665. The first-order valence-corrected chi connectivity index (χ1v) is 10.9. The van der Waals surface area contributed by atoms with Crippen molar-refractivity contribution in [1.82, 2.24) is 10.2 Å². The number of hydrogen-bond acceptors (Lipinski definition) is 5. The highest BCUT2D eigenvalue weighted by Gasteiger charge is 2.21. The number of hydrogen-bond donors (Lipinski definition) is 1. The van der Waals surface area contributed by atoms with Gasteiger partial charge in [0.25, 0.3) is 5.91 Å². The van der Waals surface area contributed by atoms with Gasteiger partial charge in [-0.05, 0) is 74.8 Å². The van der Waals surface area contributed by atoms with E-state index in [-0.39, 0.29) is 22.0 Å². The first kappa shape index (κ1) is 22.9. The molecule has 0 heterocycles. The number of carbonyl (C=O) groups excluding carboxylic acids is 1. The molecule has 0 spiro atoms. The number of benzene rings is 2. The summed E-state index contributed by atoms with van der Waals surface area (Å²) >= 11 is 0. The van der Waals surface area contributed by atoms with Gasteiger partial charge in [-0.3, -0.25) is 4.79 Å². The molecular weight excluding hydrogens is 388 g/mol. The van der Waals surface area contributed by atoms with Crippen LogP contribution in [0.4, 0.5) is 0 Å². The fourth-order valence-electron chi connectivity index (χ4n) is 3.14. The van der Waals surface area contributed by atoms with Gasteiger partial charge in [0, 0.05) is 18.7 Å². The maximum atomic E-state index is 12.6. The van der Waals surface area contributed by atoms with Crippen molar-refractivity contribution in [3.8, 4) is 5.75 Å². The maximum absolute atomic E-state index is 12.6. The average Bonchev–Trinajstić information content (AvgIpc) is 2.61. The molecule has 0 unspecified atom stereocenters. The molecule has 0 radical (unpaired) electrons. The Balaban J connectivity index is 2.06. The summed E-state index contributed by atoms with van der Waals surface area (Å²) in [6.07, 6.45) is 0. The highest BCUT2D eigenvalue weighted by Crippen LogP contribution is 2.23. The van der Waals surface area contributed by atoms with Crippen molar-refractivity contribution >= 4 is 16.0 Å². The molecule has 7 heteroatoms. The highest BCUT2D eigenvalue weighted by molar-refractivity contribution is 7.87. The Morgan fingerprint density at radius 2 is 1.69 bits per heavy atom. The van der Waals surface area contributed by atoms with E-state index in [1.807, 2.05) is 27.1 Å². The van der Waals surface area contributed by atoms with Gasteiger partial charge in [0.15, 0.2) is 0 Å². The zero-order valence-electron chi connectivity index (χ0n) is 17.9. The van der Waals surface area contributed by atoms with Crippen LogP contribution in [0.15, 0.2) is 47.4 Å². The molecule has 0 aliphatic carbocycles. The van der Waals surface area contributed by atoms with Gasteiger partial charge in [-0.2, -0.15) is 8.42 Å². The molecule has 0 bridgehead atoms. The van der Waals surface area contributed by atoms with Gasteiger partial charge in [0.05, 0.1) is 0 Å². The second-order valence-corrected chi connectivity index (χ2v) is 9.93. The fourth-order valence-corrected chi connectivity index (χ4v) is 4.39. The Morgan fingerprint density at radius 1 is 1.07 bits per heavy atom. The zero-order valence-corrected chi connectivity index (χ0v) is 18.8. The van der Waals surface area contributed by atoms with Crippen molar-refractivity contribution in [1.29, 1.82) is 0 Å². The molecule has 1 N–H and O–H groups in total. The van der Waals surface area contributed by atoms with E-state index in [1.165, 1.54) is 12.1 Å². The van der Waals surface area contributed by atoms with Crippen LogP contribution in [-0.2, 0) is 10.1 Å². The smallest absolute Gasteiger partial charge is 0.339 e. The molecular formula is C22H30N2O4S. The number of carbonyl (C=O) groups is 1. The highest BCUT2D eigenvalue weighted by atomic mass is 32.2. The summed E-state index contributed by atoms with van der Waals surface area (Å²) in [5, 5.41) is 2.93. The molecule has 2 aromatic rings. The largest absolute Gasteiger partial charge is 0.379 e. The summed E-state index contributed by atoms with van der Waals surface area (Å²) in [6, 6.07) is 11.3. The Hall–Kier alpha value is -2.38. The minimum atomic E-state index is -3.95. The number of nitrogens with zero attached hydrogens (tertiary/aromatic N) is 1. The molecule has 2 aromatic carbocycles. The predicted octanol–water partition coefficient (Wildman–Crippen LogP) is 3.39. The predicted molar refractivity (Wildman–Crippen MR) is 115 cm³/mol. The molecule has 29 heavy (non-hydrogen) atoms. The first-order chi connectivity index (χ1) is 13.4. The van der Waals surface area contributed by atoms with Crippen molar-refractivity contribution in [3.05, 3.63) is 59.2 Å². The number of nitrogens with one attached hydrogen (secondary N) is 1. The normalized spacial score (nSPS) is 12.1. The molecule has 0 aliphatic heterocycles. The summed E-state index contributed by atoms with van der Waals surface area (Å²) in [5.41, 5.74) is 1.83. The number of amides is 1. The lowest BCUT2D eigenvalue weighted by Gasteiger charge is -2.28. The molecule has 0 aliphatic rings. The van der Waals surface area contributed by atoms with Crippen molar-refractivity contribution in [2.75, 3.05) is 27.2 Å². The SMILES string of the molecule is Cc1ccc(C)c(S(=O)(=O)Oc2ccc(C(=O)NCC(C)(C)CN(C)C)cc2)c1. The molecule has 6 nitrogen and oxygen atoms in total. The van der Waals surface area contributed by atoms with E-state index in [2.05, 4.69) is 24.1 Å². The molecule has 0 aromatic heterocycles.